The zero-order chi connectivity index (χ0) is 12.3. The molecule has 1 aromatic carbocycles. The van der Waals surface area contributed by atoms with Crippen LogP contribution in [0.15, 0.2) is 30.9 Å². The maximum atomic E-state index is 5.73. The summed E-state index contributed by atoms with van der Waals surface area (Å²) in [6, 6.07) is 5.75. The van der Waals surface area contributed by atoms with Crippen molar-refractivity contribution in [3.63, 3.8) is 0 Å². The van der Waals surface area contributed by atoms with E-state index in [2.05, 4.69) is 22.1 Å². The van der Waals surface area contributed by atoms with E-state index >= 15 is 0 Å². The van der Waals surface area contributed by atoms with E-state index in [0.717, 1.165) is 5.56 Å². The summed E-state index contributed by atoms with van der Waals surface area (Å²) in [7, 11) is 1.71. The van der Waals surface area contributed by atoms with Gasteiger partial charge in [-0.3, -0.25) is 0 Å². The molecule has 0 aliphatic carbocycles. The quantitative estimate of drug-likeness (QED) is 0.634. The van der Waals surface area contributed by atoms with E-state index in [1.807, 2.05) is 6.07 Å². The first-order chi connectivity index (χ1) is 8.20. The third kappa shape index (κ3) is 2.41. The number of aromatic nitrogens is 4. The molecule has 0 saturated carbocycles. The monoisotopic (exact) mass is 231 g/mol. The summed E-state index contributed by atoms with van der Waals surface area (Å²) in [6.07, 6.45) is 2.46. The van der Waals surface area contributed by atoms with Crippen LogP contribution in [-0.4, -0.2) is 20.2 Å². The van der Waals surface area contributed by atoms with E-state index in [-0.39, 0.29) is 0 Å². The van der Waals surface area contributed by atoms with Crippen molar-refractivity contribution in [3.8, 4) is 11.8 Å². The van der Waals surface area contributed by atoms with Crippen LogP contribution in [0.5, 0.6) is 11.8 Å². The molecule has 2 rings (SSSR count). The molecule has 0 amide bonds. The molecule has 0 spiro atoms. The Morgan fingerprint density at radius 1 is 1.53 bits per heavy atom. The van der Waals surface area contributed by atoms with Crippen LogP contribution in [0.4, 0.5) is 5.69 Å². The number of nitrogens with zero attached hydrogens (tertiary/aromatic N) is 4. The number of benzene rings is 1. The fraction of sp³-hybridized carbons (Fsp3) is 0.182. The molecule has 0 aliphatic rings. The highest BCUT2D eigenvalue weighted by Crippen LogP contribution is 2.25. The predicted molar refractivity (Wildman–Crippen MR) is 63.6 cm³/mol. The summed E-state index contributed by atoms with van der Waals surface area (Å²) in [5, 5.41) is 11.0. The summed E-state index contributed by atoms with van der Waals surface area (Å²) >= 11 is 0. The number of anilines is 1. The van der Waals surface area contributed by atoms with E-state index in [4.69, 9.17) is 10.5 Å². The summed E-state index contributed by atoms with van der Waals surface area (Å²) in [5.74, 6) is 0.678. The lowest BCUT2D eigenvalue weighted by Crippen LogP contribution is -1.99. The Bertz CT molecular complexity index is 534. The van der Waals surface area contributed by atoms with E-state index in [0.29, 0.717) is 23.9 Å². The number of ether oxygens (including phenoxy) is 1. The zero-order valence-electron chi connectivity index (χ0n) is 9.50. The van der Waals surface area contributed by atoms with Crippen molar-refractivity contribution in [3.05, 3.63) is 36.4 Å². The van der Waals surface area contributed by atoms with Gasteiger partial charge in [0.1, 0.15) is 5.75 Å². The van der Waals surface area contributed by atoms with Crippen LogP contribution in [0.2, 0.25) is 0 Å². The lowest BCUT2D eigenvalue weighted by atomic mass is 10.1. The minimum absolute atomic E-state index is 0.333. The topological polar surface area (TPSA) is 78.8 Å². The second-order valence-electron chi connectivity index (χ2n) is 3.55. The number of aryl methyl sites for hydroxylation is 1. The Balaban J connectivity index is 2.31. The number of nitrogen functional groups attached to an aromatic ring is 1. The van der Waals surface area contributed by atoms with Gasteiger partial charge in [0.05, 0.1) is 0 Å². The third-order valence-corrected chi connectivity index (χ3v) is 2.23. The SMILES string of the molecule is C=CCc1cc(N)ccc1Oc1nnnn1C. The molecular weight excluding hydrogens is 218 g/mol. The van der Waals surface area contributed by atoms with Crippen LogP contribution in [0.1, 0.15) is 5.56 Å². The molecule has 0 fully saturated rings. The van der Waals surface area contributed by atoms with Crippen LogP contribution in [0.25, 0.3) is 0 Å². The lowest BCUT2D eigenvalue weighted by Gasteiger charge is -2.08. The molecule has 6 heteroatoms. The van der Waals surface area contributed by atoms with Gasteiger partial charge in [-0.05, 0) is 35.0 Å². The van der Waals surface area contributed by atoms with Gasteiger partial charge in [-0.2, -0.15) is 4.68 Å². The molecule has 0 unspecified atom stereocenters. The lowest BCUT2D eigenvalue weighted by molar-refractivity contribution is 0.411. The van der Waals surface area contributed by atoms with Gasteiger partial charge in [0.15, 0.2) is 0 Å². The Kier molecular flexibility index (Phi) is 3.04. The molecule has 17 heavy (non-hydrogen) atoms. The third-order valence-electron chi connectivity index (χ3n) is 2.23. The van der Waals surface area contributed by atoms with E-state index < -0.39 is 0 Å². The Labute approximate surface area is 98.7 Å². The molecular formula is C11H13N5O. The highest BCUT2D eigenvalue weighted by molar-refractivity contribution is 5.49. The van der Waals surface area contributed by atoms with Gasteiger partial charge in [-0.15, -0.1) is 6.58 Å². The normalized spacial score (nSPS) is 10.2. The molecule has 2 aromatic rings. The average molecular weight is 231 g/mol. The van der Waals surface area contributed by atoms with Crippen molar-refractivity contribution in [1.82, 2.24) is 20.2 Å². The highest BCUT2D eigenvalue weighted by atomic mass is 16.5. The Morgan fingerprint density at radius 3 is 3.00 bits per heavy atom. The number of nitrogens with two attached hydrogens (primary N) is 1. The smallest absolute Gasteiger partial charge is 0.340 e. The van der Waals surface area contributed by atoms with Crippen LogP contribution in [0.3, 0.4) is 0 Å². The van der Waals surface area contributed by atoms with Crippen LogP contribution in [-0.2, 0) is 13.5 Å². The van der Waals surface area contributed by atoms with E-state index in [9.17, 15) is 0 Å². The number of allylic oxidation sites excluding steroid dienone is 1. The summed E-state index contributed by atoms with van der Waals surface area (Å²) in [6.45, 7) is 3.70. The number of hydrogen-bond donors (Lipinski definition) is 1. The van der Waals surface area contributed by atoms with Crippen LogP contribution < -0.4 is 10.5 Å². The van der Waals surface area contributed by atoms with Gasteiger partial charge >= 0.3 is 6.01 Å². The molecule has 2 N–H and O–H groups in total. The van der Waals surface area contributed by atoms with Crippen LogP contribution >= 0.6 is 0 Å². The molecule has 6 nitrogen and oxygen atoms in total. The Morgan fingerprint density at radius 2 is 2.35 bits per heavy atom. The van der Waals surface area contributed by atoms with Crippen molar-refractivity contribution >= 4 is 5.69 Å². The molecule has 0 aliphatic heterocycles. The average Bonchev–Trinajstić information content (AvgIpc) is 2.69. The first kappa shape index (κ1) is 11.1. The summed E-state index contributed by atoms with van der Waals surface area (Å²) < 4.78 is 7.06. The molecule has 88 valence electrons. The summed E-state index contributed by atoms with van der Waals surface area (Å²) in [5.41, 5.74) is 7.36. The first-order valence-electron chi connectivity index (χ1n) is 5.10. The fourth-order valence-corrected chi connectivity index (χ4v) is 1.42. The maximum Gasteiger partial charge on any atom is 0.340 e. The second kappa shape index (κ2) is 4.65. The van der Waals surface area contributed by atoms with Crippen molar-refractivity contribution in [1.29, 1.82) is 0 Å². The van der Waals surface area contributed by atoms with Crippen LogP contribution in [0, 0.1) is 0 Å². The standard InChI is InChI=1S/C11H13N5O/c1-3-4-8-7-9(12)5-6-10(8)17-11-13-14-15-16(11)2/h3,5-7H,1,4,12H2,2H3. The molecule has 0 saturated heterocycles. The minimum Gasteiger partial charge on any atom is -0.423 e. The second-order valence-corrected chi connectivity index (χ2v) is 3.55. The number of hydrogen-bond acceptors (Lipinski definition) is 5. The number of tetrazole rings is 1. The van der Waals surface area contributed by atoms with Crippen molar-refractivity contribution in [2.45, 2.75) is 6.42 Å². The first-order valence-corrected chi connectivity index (χ1v) is 5.10. The molecule has 0 atom stereocenters. The number of rotatable bonds is 4. The fourth-order valence-electron chi connectivity index (χ4n) is 1.42. The maximum absolute atomic E-state index is 5.73. The van der Waals surface area contributed by atoms with Gasteiger partial charge in [0.25, 0.3) is 0 Å². The molecule has 0 radical (unpaired) electrons. The summed E-state index contributed by atoms with van der Waals surface area (Å²) in [4.78, 5) is 0. The van der Waals surface area contributed by atoms with Gasteiger partial charge < -0.3 is 10.5 Å². The zero-order valence-corrected chi connectivity index (χ0v) is 9.50. The molecule has 1 heterocycles. The van der Waals surface area contributed by atoms with Gasteiger partial charge in [-0.1, -0.05) is 11.2 Å². The van der Waals surface area contributed by atoms with Crippen molar-refractivity contribution in [2.24, 2.45) is 7.05 Å². The Hall–Kier alpha value is -2.37. The van der Waals surface area contributed by atoms with Gasteiger partial charge in [0, 0.05) is 18.3 Å². The molecule has 1 aromatic heterocycles. The van der Waals surface area contributed by atoms with Crippen molar-refractivity contribution in [2.75, 3.05) is 5.73 Å². The molecule has 0 bridgehead atoms. The van der Waals surface area contributed by atoms with Gasteiger partial charge in [0.2, 0.25) is 0 Å². The predicted octanol–water partition coefficient (Wildman–Crippen LogP) is 1.31. The van der Waals surface area contributed by atoms with E-state index in [1.165, 1.54) is 4.68 Å². The van der Waals surface area contributed by atoms with Crippen molar-refractivity contribution < 1.29 is 4.74 Å². The largest absolute Gasteiger partial charge is 0.423 e. The van der Waals surface area contributed by atoms with E-state index in [1.54, 1.807) is 25.3 Å². The minimum atomic E-state index is 0.333. The van der Waals surface area contributed by atoms with Gasteiger partial charge in [-0.25, -0.2) is 0 Å². The highest BCUT2D eigenvalue weighted by Gasteiger charge is 2.08.